The van der Waals surface area contributed by atoms with Crippen LogP contribution in [0.15, 0.2) is 59.5 Å². The predicted octanol–water partition coefficient (Wildman–Crippen LogP) is 2.95. The number of nitrogens with zero attached hydrogens (tertiary/aromatic N) is 5. The molecule has 220 valence electrons. The molecule has 0 bridgehead atoms. The number of hydrogen-bond acceptors (Lipinski definition) is 8. The number of aromatic nitrogens is 4. The van der Waals surface area contributed by atoms with Crippen molar-refractivity contribution in [3.63, 3.8) is 0 Å². The number of para-hydroxylation sites is 1. The third-order valence-electron chi connectivity index (χ3n) is 7.23. The molecule has 1 aliphatic heterocycles. The van der Waals surface area contributed by atoms with E-state index in [0.717, 1.165) is 6.26 Å². The lowest BCUT2D eigenvalue weighted by atomic mass is 10.0. The number of piperidine rings is 1. The van der Waals surface area contributed by atoms with Crippen LogP contribution in [0.5, 0.6) is 0 Å². The second kappa shape index (κ2) is 11.5. The van der Waals surface area contributed by atoms with Crippen molar-refractivity contribution < 1.29 is 13.2 Å². The molecule has 14 heteroatoms. The summed E-state index contributed by atoms with van der Waals surface area (Å²) in [4.78, 5) is 37.6. The number of sulfonamides is 1. The molecule has 0 spiro atoms. The Morgan fingerprint density at radius 3 is 2.52 bits per heavy atom. The highest BCUT2D eigenvalue weighted by Crippen LogP contribution is 2.28. The Hall–Kier alpha value is -4.36. The minimum Gasteiger partial charge on any atom is -0.381 e. The van der Waals surface area contributed by atoms with E-state index >= 15 is 0 Å². The molecule has 0 radical (unpaired) electrons. The van der Waals surface area contributed by atoms with Gasteiger partial charge in [-0.3, -0.25) is 19.0 Å². The molecular weight excluding hydrogens is 580 g/mol. The molecule has 2 aromatic heterocycles. The van der Waals surface area contributed by atoms with Crippen molar-refractivity contribution in [2.45, 2.75) is 25.8 Å². The molecule has 1 aliphatic rings. The van der Waals surface area contributed by atoms with Gasteiger partial charge in [-0.05, 0) is 44.0 Å². The Bertz CT molecular complexity index is 1830. The third kappa shape index (κ3) is 5.97. The molecule has 1 amide bonds. The van der Waals surface area contributed by atoms with E-state index in [0.29, 0.717) is 65.1 Å². The second-order valence-corrected chi connectivity index (χ2v) is 12.4. The van der Waals surface area contributed by atoms with Crippen molar-refractivity contribution in [2.75, 3.05) is 34.7 Å². The number of nitrogen functional groups attached to an aromatic ring is 1. The van der Waals surface area contributed by atoms with Crippen molar-refractivity contribution in [2.24, 2.45) is 7.05 Å². The number of hydrogen-bond donors (Lipinski definition) is 3. The topological polar surface area (TPSA) is 157 Å². The minimum atomic E-state index is -3.43. The average molecular weight is 611 g/mol. The lowest BCUT2D eigenvalue weighted by Gasteiger charge is -2.33. The third-order valence-corrected chi connectivity index (χ3v) is 8.16. The zero-order chi connectivity index (χ0) is 30.2. The second-order valence-electron chi connectivity index (χ2n) is 10.2. The highest BCUT2D eigenvalue weighted by molar-refractivity contribution is 7.92. The molecule has 1 saturated heterocycles. The maximum Gasteiger partial charge on any atom is 0.284 e. The largest absolute Gasteiger partial charge is 0.381 e. The first kappa shape index (κ1) is 29.1. The van der Waals surface area contributed by atoms with Crippen LogP contribution in [0.3, 0.4) is 0 Å². The first-order valence-electron chi connectivity index (χ1n) is 13.2. The predicted molar refractivity (Wildman–Crippen MR) is 164 cm³/mol. The maximum atomic E-state index is 13.3. The van der Waals surface area contributed by atoms with Gasteiger partial charge in [-0.15, -0.1) is 0 Å². The summed E-state index contributed by atoms with van der Waals surface area (Å²) in [6, 6.07) is 13.7. The van der Waals surface area contributed by atoms with Crippen LogP contribution in [0.2, 0.25) is 5.02 Å². The van der Waals surface area contributed by atoms with Crippen molar-refractivity contribution in [3.05, 3.63) is 81.4 Å². The molecule has 3 heterocycles. The zero-order valence-electron chi connectivity index (χ0n) is 23.3. The van der Waals surface area contributed by atoms with E-state index in [4.69, 9.17) is 22.3 Å². The summed E-state index contributed by atoms with van der Waals surface area (Å²) in [5.41, 5.74) is 8.50. The van der Waals surface area contributed by atoms with Gasteiger partial charge in [0, 0.05) is 37.4 Å². The van der Waals surface area contributed by atoms with Gasteiger partial charge in [0.2, 0.25) is 10.0 Å². The van der Waals surface area contributed by atoms with Crippen molar-refractivity contribution in [1.82, 2.24) is 24.6 Å². The standard InChI is InChI=1S/C28H31ClN8O4S/c1-17-24(28(39)37(35(17)2)23-10-5-4-9-21(23)29)27(38)32-19-11-13-36(14-12-19)26-25(30)31-16-22(33-26)18-7-6-8-20(15-18)34-42(3,40)41/h4-10,15-16,19,34H,11-14H2,1-3H3,(H2,30,31)(H,32,38). The summed E-state index contributed by atoms with van der Waals surface area (Å²) in [5, 5.41) is 3.43. The smallest absolute Gasteiger partial charge is 0.284 e. The van der Waals surface area contributed by atoms with E-state index in [1.807, 2.05) is 11.0 Å². The van der Waals surface area contributed by atoms with Gasteiger partial charge in [-0.25, -0.2) is 23.1 Å². The van der Waals surface area contributed by atoms with Crippen LogP contribution in [0, 0.1) is 6.92 Å². The molecule has 4 aromatic rings. The van der Waals surface area contributed by atoms with Gasteiger partial charge in [-0.1, -0.05) is 35.9 Å². The van der Waals surface area contributed by atoms with E-state index in [1.54, 1.807) is 67.3 Å². The van der Waals surface area contributed by atoms with Crippen LogP contribution in [0.1, 0.15) is 28.9 Å². The number of benzene rings is 2. The number of rotatable bonds is 7. The van der Waals surface area contributed by atoms with Gasteiger partial charge in [0.15, 0.2) is 11.6 Å². The molecule has 12 nitrogen and oxygen atoms in total. The maximum absolute atomic E-state index is 13.3. The van der Waals surface area contributed by atoms with E-state index in [-0.39, 0.29) is 17.4 Å². The SMILES string of the molecule is Cc1c(C(=O)NC2CCN(c3nc(-c4cccc(NS(C)(=O)=O)c4)cnc3N)CC2)c(=O)n(-c2ccccc2Cl)n1C. The molecule has 2 aromatic carbocycles. The van der Waals surface area contributed by atoms with Gasteiger partial charge in [0.25, 0.3) is 11.5 Å². The normalized spacial score (nSPS) is 14.1. The number of nitrogens with two attached hydrogens (primary N) is 1. The van der Waals surface area contributed by atoms with E-state index in [2.05, 4.69) is 15.0 Å². The molecule has 0 aliphatic carbocycles. The fourth-order valence-corrected chi connectivity index (χ4v) is 5.85. The highest BCUT2D eigenvalue weighted by Gasteiger charge is 2.28. The Balaban J connectivity index is 1.29. The molecule has 1 fully saturated rings. The number of amides is 1. The quantitative estimate of drug-likeness (QED) is 0.288. The van der Waals surface area contributed by atoms with Crippen LogP contribution in [-0.4, -0.2) is 59.0 Å². The number of anilines is 3. The Kier molecular flexibility index (Phi) is 7.97. The van der Waals surface area contributed by atoms with Crippen LogP contribution in [0.4, 0.5) is 17.3 Å². The molecule has 0 saturated carbocycles. The molecule has 5 rings (SSSR count). The van der Waals surface area contributed by atoms with Gasteiger partial charge in [-0.2, -0.15) is 0 Å². The monoisotopic (exact) mass is 610 g/mol. The number of carbonyl (C=O) groups excluding carboxylic acids is 1. The van der Waals surface area contributed by atoms with Crippen LogP contribution < -0.4 is 26.2 Å². The molecule has 0 atom stereocenters. The number of carbonyl (C=O) groups is 1. The average Bonchev–Trinajstić information content (AvgIpc) is 3.16. The van der Waals surface area contributed by atoms with E-state index in [1.165, 1.54) is 4.68 Å². The fourth-order valence-electron chi connectivity index (χ4n) is 5.07. The van der Waals surface area contributed by atoms with Gasteiger partial charge in [0.1, 0.15) is 5.56 Å². The number of halogens is 1. The molecule has 42 heavy (non-hydrogen) atoms. The zero-order valence-corrected chi connectivity index (χ0v) is 24.9. The fraction of sp³-hybridized carbons (Fsp3) is 0.286. The molecule has 0 unspecified atom stereocenters. The van der Waals surface area contributed by atoms with Crippen LogP contribution >= 0.6 is 11.6 Å². The van der Waals surface area contributed by atoms with Crippen molar-refractivity contribution in [3.8, 4) is 16.9 Å². The summed E-state index contributed by atoms with van der Waals surface area (Å²) < 4.78 is 28.8. The minimum absolute atomic E-state index is 0.0789. The summed E-state index contributed by atoms with van der Waals surface area (Å²) in [5.74, 6) is 0.355. The Morgan fingerprint density at radius 1 is 1.12 bits per heavy atom. The summed E-state index contributed by atoms with van der Waals surface area (Å²) in [6.07, 6.45) is 3.85. The summed E-state index contributed by atoms with van der Waals surface area (Å²) in [6.45, 7) is 2.84. The van der Waals surface area contributed by atoms with Gasteiger partial charge < -0.3 is 16.0 Å². The Labute approximate surface area is 248 Å². The van der Waals surface area contributed by atoms with Gasteiger partial charge >= 0.3 is 0 Å². The molecule has 4 N–H and O–H groups in total. The lowest BCUT2D eigenvalue weighted by Crippen LogP contribution is -2.46. The van der Waals surface area contributed by atoms with E-state index in [9.17, 15) is 18.0 Å². The first-order valence-corrected chi connectivity index (χ1v) is 15.5. The molecular formula is C28H31ClN8O4S. The highest BCUT2D eigenvalue weighted by atomic mass is 35.5. The number of nitrogens with one attached hydrogen (secondary N) is 2. The van der Waals surface area contributed by atoms with Crippen LogP contribution in [0.25, 0.3) is 16.9 Å². The van der Waals surface area contributed by atoms with Gasteiger partial charge in [0.05, 0.1) is 34.6 Å². The lowest BCUT2D eigenvalue weighted by molar-refractivity contribution is 0.0929. The Morgan fingerprint density at radius 2 is 1.83 bits per heavy atom. The van der Waals surface area contributed by atoms with E-state index < -0.39 is 21.5 Å². The van der Waals surface area contributed by atoms with Crippen LogP contribution in [-0.2, 0) is 17.1 Å². The summed E-state index contributed by atoms with van der Waals surface area (Å²) >= 11 is 6.33. The van der Waals surface area contributed by atoms with Crippen molar-refractivity contribution >= 4 is 44.9 Å². The first-order chi connectivity index (χ1) is 19.9. The summed E-state index contributed by atoms with van der Waals surface area (Å²) in [7, 11) is -1.71. The van der Waals surface area contributed by atoms with Crippen molar-refractivity contribution in [1.29, 1.82) is 0 Å².